The van der Waals surface area contributed by atoms with E-state index in [1.807, 2.05) is 0 Å². The Kier molecular flexibility index (Phi) is 4.91. The number of rotatable bonds is 4. The third kappa shape index (κ3) is 3.37. The third-order valence-corrected chi connectivity index (χ3v) is 4.53. The molecule has 1 aromatic heterocycles. The summed E-state index contributed by atoms with van der Waals surface area (Å²) in [6.45, 7) is 10.2. The van der Waals surface area contributed by atoms with E-state index < -0.39 is 0 Å². The van der Waals surface area contributed by atoms with E-state index in [1.165, 1.54) is 16.7 Å². The Morgan fingerprint density at radius 2 is 1.83 bits per heavy atom. The number of hydrogen-bond acceptors (Lipinski definition) is 4. The quantitative estimate of drug-likeness (QED) is 0.940. The van der Waals surface area contributed by atoms with Gasteiger partial charge in [-0.15, -0.1) is 0 Å². The highest BCUT2D eigenvalue weighted by atomic mass is 15.2. The van der Waals surface area contributed by atoms with Gasteiger partial charge >= 0.3 is 0 Å². The van der Waals surface area contributed by atoms with Crippen LogP contribution in [0, 0.1) is 6.92 Å². The Labute approximate surface area is 139 Å². The molecular weight excluding hydrogens is 284 g/mol. The van der Waals surface area contributed by atoms with E-state index in [0.717, 1.165) is 56.4 Å². The van der Waals surface area contributed by atoms with Gasteiger partial charge in [-0.2, -0.15) is 0 Å². The lowest BCUT2D eigenvalue weighted by Gasteiger charge is -2.22. The topological polar surface area (TPSA) is 41.1 Å². The number of aromatic nitrogens is 2. The summed E-state index contributed by atoms with van der Waals surface area (Å²) in [5.41, 5.74) is 6.06. The third-order valence-electron chi connectivity index (χ3n) is 4.53. The molecule has 1 aliphatic rings. The van der Waals surface area contributed by atoms with Crippen molar-refractivity contribution < 1.29 is 0 Å². The van der Waals surface area contributed by atoms with E-state index in [4.69, 9.17) is 9.97 Å². The molecule has 1 N–H and O–H groups in total. The minimum absolute atomic E-state index is 0.838. The maximum Gasteiger partial charge on any atom is 0.226 e. The van der Waals surface area contributed by atoms with Gasteiger partial charge in [0.05, 0.1) is 11.4 Å². The number of benzene rings is 1. The van der Waals surface area contributed by atoms with Gasteiger partial charge in [0, 0.05) is 30.8 Å². The van der Waals surface area contributed by atoms with Gasteiger partial charge in [-0.1, -0.05) is 29.8 Å². The molecule has 1 aliphatic heterocycles. The van der Waals surface area contributed by atoms with Crippen LogP contribution in [-0.2, 0) is 13.0 Å². The Hall–Kier alpha value is -1.94. The number of nitrogens with zero attached hydrogens (tertiary/aromatic N) is 3. The van der Waals surface area contributed by atoms with E-state index in [0.29, 0.717) is 0 Å². The van der Waals surface area contributed by atoms with Gasteiger partial charge in [0.25, 0.3) is 0 Å². The van der Waals surface area contributed by atoms with Gasteiger partial charge in [0.2, 0.25) is 5.95 Å². The van der Waals surface area contributed by atoms with Crippen molar-refractivity contribution in [3.63, 3.8) is 0 Å². The largest absolute Gasteiger partial charge is 0.341 e. The van der Waals surface area contributed by atoms with Crippen LogP contribution in [-0.4, -0.2) is 29.6 Å². The summed E-state index contributed by atoms with van der Waals surface area (Å²) in [6, 6.07) is 8.69. The van der Waals surface area contributed by atoms with Crippen LogP contribution in [0.1, 0.15) is 37.1 Å². The molecule has 2 aromatic rings. The SMILES string of the molecule is CCN(CC)c1nc2c(c(-c3ccc(C)cc3)n1)CCCNC2. The zero-order valence-electron chi connectivity index (χ0n) is 14.4. The fourth-order valence-corrected chi connectivity index (χ4v) is 3.12. The predicted octanol–water partition coefficient (Wildman–Crippen LogP) is 3.33. The predicted molar refractivity (Wildman–Crippen MR) is 95.8 cm³/mol. The number of aryl methyl sites for hydroxylation is 1. The monoisotopic (exact) mass is 310 g/mol. The molecule has 0 fully saturated rings. The lowest BCUT2D eigenvalue weighted by Crippen LogP contribution is -2.25. The Bertz CT molecular complexity index is 660. The molecule has 0 bridgehead atoms. The van der Waals surface area contributed by atoms with Crippen LogP contribution in [0.4, 0.5) is 5.95 Å². The summed E-state index contributed by atoms with van der Waals surface area (Å²) in [6.07, 6.45) is 2.18. The van der Waals surface area contributed by atoms with Gasteiger partial charge in [0.15, 0.2) is 0 Å². The molecule has 0 atom stereocenters. The maximum absolute atomic E-state index is 4.96. The molecule has 3 rings (SSSR count). The van der Waals surface area contributed by atoms with Crippen LogP contribution in [0.3, 0.4) is 0 Å². The Balaban J connectivity index is 2.14. The average Bonchev–Trinajstić information content (AvgIpc) is 2.81. The summed E-state index contributed by atoms with van der Waals surface area (Å²) >= 11 is 0. The van der Waals surface area contributed by atoms with E-state index >= 15 is 0 Å². The van der Waals surface area contributed by atoms with Crippen LogP contribution in [0.2, 0.25) is 0 Å². The summed E-state index contributed by atoms with van der Waals surface area (Å²) in [7, 11) is 0. The lowest BCUT2D eigenvalue weighted by molar-refractivity contribution is 0.673. The molecule has 0 radical (unpaired) electrons. The summed E-state index contributed by atoms with van der Waals surface area (Å²) < 4.78 is 0. The van der Waals surface area contributed by atoms with Crippen LogP contribution < -0.4 is 10.2 Å². The molecule has 0 unspecified atom stereocenters. The van der Waals surface area contributed by atoms with Crippen molar-refractivity contribution in [2.75, 3.05) is 24.5 Å². The minimum Gasteiger partial charge on any atom is -0.341 e. The zero-order valence-corrected chi connectivity index (χ0v) is 14.4. The highest BCUT2D eigenvalue weighted by molar-refractivity contribution is 5.66. The fourth-order valence-electron chi connectivity index (χ4n) is 3.12. The summed E-state index contributed by atoms with van der Waals surface area (Å²) in [4.78, 5) is 12.1. The van der Waals surface area contributed by atoms with Crippen molar-refractivity contribution in [1.29, 1.82) is 0 Å². The normalized spacial score (nSPS) is 14.2. The van der Waals surface area contributed by atoms with Crippen molar-refractivity contribution in [2.45, 2.75) is 40.2 Å². The molecule has 0 aliphatic carbocycles. The maximum atomic E-state index is 4.96. The first-order valence-corrected chi connectivity index (χ1v) is 8.65. The van der Waals surface area contributed by atoms with Crippen molar-refractivity contribution >= 4 is 5.95 Å². The molecule has 2 heterocycles. The van der Waals surface area contributed by atoms with Gasteiger partial charge in [-0.05, 0) is 40.2 Å². The Morgan fingerprint density at radius 1 is 1.09 bits per heavy atom. The first-order chi connectivity index (χ1) is 11.2. The van der Waals surface area contributed by atoms with Crippen molar-refractivity contribution in [2.24, 2.45) is 0 Å². The highest BCUT2D eigenvalue weighted by Crippen LogP contribution is 2.28. The first kappa shape index (κ1) is 15.9. The van der Waals surface area contributed by atoms with Crippen molar-refractivity contribution in [3.8, 4) is 11.3 Å². The number of anilines is 1. The second-order valence-electron chi connectivity index (χ2n) is 6.12. The average molecular weight is 310 g/mol. The van der Waals surface area contributed by atoms with Crippen molar-refractivity contribution in [3.05, 3.63) is 41.1 Å². The molecule has 0 saturated carbocycles. The molecule has 23 heavy (non-hydrogen) atoms. The van der Waals surface area contributed by atoms with E-state index in [9.17, 15) is 0 Å². The molecule has 0 amide bonds. The second-order valence-corrected chi connectivity index (χ2v) is 6.12. The molecule has 0 saturated heterocycles. The van der Waals surface area contributed by atoms with Gasteiger partial charge in [0.1, 0.15) is 0 Å². The number of hydrogen-bond donors (Lipinski definition) is 1. The molecule has 4 nitrogen and oxygen atoms in total. The van der Waals surface area contributed by atoms with Gasteiger partial charge in [-0.3, -0.25) is 0 Å². The van der Waals surface area contributed by atoms with Crippen molar-refractivity contribution in [1.82, 2.24) is 15.3 Å². The molecule has 4 heteroatoms. The zero-order chi connectivity index (χ0) is 16.2. The number of fused-ring (bicyclic) bond motifs is 1. The standard InChI is InChI=1S/C19H26N4/c1-4-23(5-2)19-21-17-13-20-12-6-7-16(17)18(22-19)15-10-8-14(3)9-11-15/h8-11,20H,4-7,12-13H2,1-3H3. The highest BCUT2D eigenvalue weighted by Gasteiger charge is 2.19. The van der Waals surface area contributed by atoms with E-state index in [2.05, 4.69) is 55.3 Å². The first-order valence-electron chi connectivity index (χ1n) is 8.65. The van der Waals surface area contributed by atoms with Crippen LogP contribution in [0.25, 0.3) is 11.3 Å². The number of nitrogens with one attached hydrogen (secondary N) is 1. The molecule has 0 spiro atoms. The fraction of sp³-hybridized carbons (Fsp3) is 0.474. The summed E-state index contributed by atoms with van der Waals surface area (Å²) in [5.74, 6) is 0.855. The molecular formula is C19H26N4. The van der Waals surface area contributed by atoms with Crippen LogP contribution >= 0.6 is 0 Å². The second kappa shape index (κ2) is 7.09. The molecule has 122 valence electrons. The summed E-state index contributed by atoms with van der Waals surface area (Å²) in [5, 5.41) is 3.48. The van der Waals surface area contributed by atoms with Gasteiger partial charge < -0.3 is 10.2 Å². The van der Waals surface area contributed by atoms with E-state index in [-0.39, 0.29) is 0 Å². The van der Waals surface area contributed by atoms with E-state index in [1.54, 1.807) is 0 Å². The van der Waals surface area contributed by atoms with Crippen LogP contribution in [0.15, 0.2) is 24.3 Å². The Morgan fingerprint density at radius 3 is 2.52 bits per heavy atom. The van der Waals surface area contributed by atoms with Gasteiger partial charge in [-0.25, -0.2) is 9.97 Å². The smallest absolute Gasteiger partial charge is 0.226 e. The molecule has 1 aromatic carbocycles. The lowest BCUT2D eigenvalue weighted by atomic mass is 10.00. The van der Waals surface area contributed by atoms with Crippen LogP contribution in [0.5, 0.6) is 0 Å². The minimum atomic E-state index is 0.838.